The Morgan fingerprint density at radius 2 is 2.07 bits per heavy atom. The minimum Gasteiger partial charge on any atom is -0.340 e. The largest absolute Gasteiger partial charge is 0.340 e. The van der Waals surface area contributed by atoms with Crippen LogP contribution in [0, 0.1) is 0 Å². The lowest BCUT2D eigenvalue weighted by Gasteiger charge is -2.28. The number of hydrogen-bond donors (Lipinski definition) is 1. The van der Waals surface area contributed by atoms with Crippen molar-refractivity contribution >= 4 is 15.7 Å². The number of likely N-dealkylation sites (N-methyl/N-ethyl adjacent to an activating group) is 2. The molecule has 1 aliphatic heterocycles. The van der Waals surface area contributed by atoms with Crippen LogP contribution in [0.1, 0.15) is 13.3 Å². The van der Waals surface area contributed by atoms with Gasteiger partial charge in [0.1, 0.15) is 0 Å². The highest BCUT2D eigenvalue weighted by Crippen LogP contribution is 2.17. The van der Waals surface area contributed by atoms with Crippen LogP contribution < -0.4 is 5.32 Å². The zero-order valence-electron chi connectivity index (χ0n) is 9.36. The van der Waals surface area contributed by atoms with Crippen LogP contribution in [0.3, 0.4) is 0 Å². The summed E-state index contributed by atoms with van der Waals surface area (Å²) in [7, 11) is 0.393. The van der Waals surface area contributed by atoms with Gasteiger partial charge in [-0.05, 0) is 7.05 Å². The van der Waals surface area contributed by atoms with Gasteiger partial charge in [-0.2, -0.15) is 0 Å². The van der Waals surface area contributed by atoms with Crippen LogP contribution in [0.5, 0.6) is 0 Å². The average Bonchev–Trinajstić information content (AvgIpc) is 2.51. The molecule has 0 aliphatic carbocycles. The molecule has 15 heavy (non-hydrogen) atoms. The Bertz CT molecular complexity index is 339. The first-order chi connectivity index (χ1) is 6.91. The highest BCUT2D eigenvalue weighted by molar-refractivity contribution is 7.91. The molecule has 1 heterocycles. The van der Waals surface area contributed by atoms with E-state index in [4.69, 9.17) is 0 Å². The quantitative estimate of drug-likeness (QED) is 0.697. The summed E-state index contributed by atoms with van der Waals surface area (Å²) in [6.07, 6.45) is 0.406. The molecule has 0 aromatic heterocycles. The smallest absolute Gasteiger partial charge is 0.222 e. The predicted molar refractivity (Wildman–Crippen MR) is 58.4 cm³/mol. The molecule has 1 fully saturated rings. The fraction of sp³-hybridized carbons (Fsp3) is 0.889. The lowest BCUT2D eigenvalue weighted by molar-refractivity contribution is -0.131. The second-order valence-corrected chi connectivity index (χ2v) is 6.05. The fourth-order valence-corrected chi connectivity index (χ4v) is 3.97. The third kappa shape index (κ3) is 2.69. The van der Waals surface area contributed by atoms with Crippen molar-refractivity contribution in [3.63, 3.8) is 0 Å². The maximum atomic E-state index is 11.5. The number of hydrogen-bond acceptors (Lipinski definition) is 4. The van der Waals surface area contributed by atoms with Gasteiger partial charge in [0.15, 0.2) is 9.84 Å². The van der Waals surface area contributed by atoms with Crippen molar-refractivity contribution < 1.29 is 13.2 Å². The number of rotatable bonds is 3. The van der Waals surface area contributed by atoms with Gasteiger partial charge in [0.25, 0.3) is 0 Å². The lowest BCUT2D eigenvalue weighted by atomic mass is 10.1. The summed E-state index contributed by atoms with van der Waals surface area (Å²) in [5.74, 6) is 0.174. The van der Waals surface area contributed by atoms with E-state index < -0.39 is 9.84 Å². The van der Waals surface area contributed by atoms with Crippen molar-refractivity contribution in [3.05, 3.63) is 0 Å². The number of sulfone groups is 1. The standard InChI is InChI=1S/C9H18N2O3S/c1-4-9(12)11(3)8-6-15(13,14)5-7(8)10-2/h7-8,10H,4-6H2,1-3H3/t7-,8-/m0/s1. The summed E-state index contributed by atoms with van der Waals surface area (Å²) in [6, 6.07) is -0.372. The van der Waals surface area contributed by atoms with Gasteiger partial charge in [-0.25, -0.2) is 8.42 Å². The van der Waals surface area contributed by atoms with Crippen molar-refractivity contribution in [2.45, 2.75) is 25.4 Å². The van der Waals surface area contributed by atoms with Crippen molar-refractivity contribution in [2.24, 2.45) is 0 Å². The van der Waals surface area contributed by atoms with Crippen LogP contribution in [0.2, 0.25) is 0 Å². The van der Waals surface area contributed by atoms with E-state index in [1.807, 2.05) is 0 Å². The molecule has 0 radical (unpaired) electrons. The van der Waals surface area contributed by atoms with E-state index in [1.165, 1.54) is 0 Å². The molecule has 2 atom stereocenters. The van der Waals surface area contributed by atoms with Gasteiger partial charge in [-0.1, -0.05) is 6.92 Å². The highest BCUT2D eigenvalue weighted by Gasteiger charge is 2.40. The molecule has 88 valence electrons. The fourth-order valence-electron chi connectivity index (χ4n) is 1.92. The summed E-state index contributed by atoms with van der Waals surface area (Å²) >= 11 is 0. The van der Waals surface area contributed by atoms with E-state index >= 15 is 0 Å². The summed E-state index contributed by atoms with van der Waals surface area (Å²) in [5, 5.41) is 2.96. The Kier molecular flexibility index (Phi) is 3.72. The van der Waals surface area contributed by atoms with E-state index in [1.54, 1.807) is 25.9 Å². The van der Waals surface area contributed by atoms with Gasteiger partial charge < -0.3 is 10.2 Å². The van der Waals surface area contributed by atoms with E-state index in [0.717, 1.165) is 0 Å². The Labute approximate surface area is 90.7 Å². The Morgan fingerprint density at radius 3 is 2.53 bits per heavy atom. The number of nitrogens with zero attached hydrogens (tertiary/aromatic N) is 1. The zero-order chi connectivity index (χ0) is 11.6. The molecule has 0 saturated carbocycles. The topological polar surface area (TPSA) is 66.5 Å². The van der Waals surface area contributed by atoms with E-state index in [0.29, 0.717) is 6.42 Å². The van der Waals surface area contributed by atoms with E-state index in [2.05, 4.69) is 5.32 Å². The van der Waals surface area contributed by atoms with Gasteiger partial charge in [-0.3, -0.25) is 4.79 Å². The van der Waals surface area contributed by atoms with Crippen LogP contribution in [-0.2, 0) is 14.6 Å². The molecule has 0 spiro atoms. The van der Waals surface area contributed by atoms with Crippen molar-refractivity contribution in [1.82, 2.24) is 10.2 Å². The summed E-state index contributed by atoms with van der Waals surface area (Å²) in [4.78, 5) is 13.0. The van der Waals surface area contributed by atoms with E-state index in [-0.39, 0.29) is 29.5 Å². The summed E-state index contributed by atoms with van der Waals surface area (Å²) in [6.45, 7) is 1.77. The SMILES string of the molecule is CCC(=O)N(C)[C@H]1CS(=O)(=O)C[C@@H]1NC. The van der Waals surface area contributed by atoms with Crippen LogP contribution in [0.15, 0.2) is 0 Å². The molecular formula is C9H18N2O3S. The Hall–Kier alpha value is -0.620. The van der Waals surface area contributed by atoms with Crippen LogP contribution >= 0.6 is 0 Å². The lowest BCUT2D eigenvalue weighted by Crippen LogP contribution is -2.48. The number of nitrogens with one attached hydrogen (secondary N) is 1. The van der Waals surface area contributed by atoms with Crippen molar-refractivity contribution in [2.75, 3.05) is 25.6 Å². The molecule has 0 aromatic rings. The molecular weight excluding hydrogens is 216 g/mol. The van der Waals surface area contributed by atoms with Crippen LogP contribution in [0.25, 0.3) is 0 Å². The first-order valence-electron chi connectivity index (χ1n) is 5.04. The minimum absolute atomic E-state index is 0.0163. The van der Waals surface area contributed by atoms with Crippen molar-refractivity contribution in [3.8, 4) is 0 Å². The van der Waals surface area contributed by atoms with Gasteiger partial charge in [-0.15, -0.1) is 0 Å². The molecule has 1 amide bonds. The predicted octanol–water partition coefficient (Wildman–Crippen LogP) is -0.760. The minimum atomic E-state index is -3.00. The molecule has 0 aromatic carbocycles. The second kappa shape index (κ2) is 4.49. The van der Waals surface area contributed by atoms with Gasteiger partial charge in [0.2, 0.25) is 5.91 Å². The van der Waals surface area contributed by atoms with Crippen LogP contribution in [0.4, 0.5) is 0 Å². The summed E-state index contributed by atoms with van der Waals surface area (Å²) < 4.78 is 22.9. The van der Waals surface area contributed by atoms with Crippen LogP contribution in [-0.4, -0.2) is 56.9 Å². The van der Waals surface area contributed by atoms with Crippen molar-refractivity contribution in [1.29, 1.82) is 0 Å². The second-order valence-electron chi connectivity index (χ2n) is 3.90. The third-order valence-corrected chi connectivity index (χ3v) is 4.60. The molecule has 1 aliphatic rings. The van der Waals surface area contributed by atoms with Gasteiger partial charge >= 0.3 is 0 Å². The Morgan fingerprint density at radius 1 is 1.47 bits per heavy atom. The normalized spacial score (nSPS) is 29.0. The third-order valence-electron chi connectivity index (χ3n) is 2.89. The summed E-state index contributed by atoms with van der Waals surface area (Å²) in [5.41, 5.74) is 0. The molecule has 1 rings (SSSR count). The zero-order valence-corrected chi connectivity index (χ0v) is 10.2. The number of amides is 1. The number of carbonyl (C=O) groups is 1. The molecule has 1 saturated heterocycles. The maximum Gasteiger partial charge on any atom is 0.222 e. The van der Waals surface area contributed by atoms with Gasteiger partial charge in [0.05, 0.1) is 17.5 Å². The monoisotopic (exact) mass is 234 g/mol. The first kappa shape index (κ1) is 12.4. The Balaban J connectivity index is 2.81. The molecule has 5 nitrogen and oxygen atoms in total. The molecule has 1 N–H and O–H groups in total. The molecule has 0 unspecified atom stereocenters. The maximum absolute atomic E-state index is 11.5. The number of carbonyl (C=O) groups excluding carboxylic acids is 1. The van der Waals surface area contributed by atoms with Gasteiger partial charge in [0, 0.05) is 19.5 Å². The molecule has 6 heteroatoms. The first-order valence-corrected chi connectivity index (χ1v) is 6.86. The average molecular weight is 234 g/mol. The van der Waals surface area contributed by atoms with E-state index in [9.17, 15) is 13.2 Å². The molecule has 0 bridgehead atoms. The highest BCUT2D eigenvalue weighted by atomic mass is 32.2.